The summed E-state index contributed by atoms with van der Waals surface area (Å²) >= 11 is 6.37. The Hall–Kier alpha value is -3.56. The summed E-state index contributed by atoms with van der Waals surface area (Å²) in [5.74, 6) is -0.239. The fourth-order valence-corrected chi connectivity index (χ4v) is 5.60. The van der Waals surface area contributed by atoms with Crippen molar-refractivity contribution in [3.63, 3.8) is 0 Å². The molecule has 0 unspecified atom stereocenters. The molecule has 0 bridgehead atoms. The topological polar surface area (TPSA) is 96.0 Å². The van der Waals surface area contributed by atoms with Gasteiger partial charge < -0.3 is 15.0 Å². The van der Waals surface area contributed by atoms with E-state index in [1.54, 1.807) is 62.6 Å². The van der Waals surface area contributed by atoms with Crippen LogP contribution in [0.3, 0.4) is 0 Å². The molecule has 1 N–H and O–H groups in total. The minimum absolute atomic E-state index is 0.0369. The lowest BCUT2D eigenvalue weighted by atomic mass is 10.1. The molecule has 0 aromatic heterocycles. The summed E-state index contributed by atoms with van der Waals surface area (Å²) < 4.78 is 34.1. The first-order valence-corrected chi connectivity index (χ1v) is 14.7. The van der Waals surface area contributed by atoms with E-state index in [-0.39, 0.29) is 29.1 Å². The third kappa shape index (κ3) is 7.55. The fourth-order valence-electron chi connectivity index (χ4n) is 4.02. The summed E-state index contributed by atoms with van der Waals surface area (Å²) in [5.41, 5.74) is 2.66. The van der Waals surface area contributed by atoms with Crippen LogP contribution >= 0.6 is 11.6 Å². The van der Waals surface area contributed by atoms with Crippen LogP contribution in [0.4, 0.5) is 5.69 Å². The number of halogens is 1. The molecule has 0 saturated heterocycles. The molecule has 10 heteroatoms. The number of aryl methyl sites for hydroxylation is 2. The summed E-state index contributed by atoms with van der Waals surface area (Å²) in [6.45, 7) is 8.50. The van der Waals surface area contributed by atoms with Crippen LogP contribution in [0.15, 0.2) is 71.6 Å². The van der Waals surface area contributed by atoms with E-state index in [0.29, 0.717) is 10.8 Å². The SMILES string of the molecule is COc1ccc(CN(C(=O)CN(c2ccc(C)c(Cl)c2)S(=O)(=O)c2ccc(C)cc2)[C@H](C)C(=O)NC(C)C)cc1. The molecule has 0 spiro atoms. The smallest absolute Gasteiger partial charge is 0.264 e. The number of nitrogens with zero attached hydrogens (tertiary/aromatic N) is 2. The maximum absolute atomic E-state index is 14.0. The van der Waals surface area contributed by atoms with E-state index in [1.807, 2.05) is 27.7 Å². The first-order valence-electron chi connectivity index (χ1n) is 12.9. The zero-order valence-corrected chi connectivity index (χ0v) is 25.2. The number of hydrogen-bond donors (Lipinski definition) is 1. The van der Waals surface area contributed by atoms with Gasteiger partial charge in [0.1, 0.15) is 18.3 Å². The van der Waals surface area contributed by atoms with Gasteiger partial charge in [-0.25, -0.2) is 8.42 Å². The highest BCUT2D eigenvalue weighted by molar-refractivity contribution is 7.92. The Kier molecular flexibility index (Phi) is 10.2. The molecule has 0 fully saturated rings. The van der Waals surface area contributed by atoms with Crippen LogP contribution in [0, 0.1) is 13.8 Å². The van der Waals surface area contributed by atoms with Crippen LogP contribution < -0.4 is 14.4 Å². The van der Waals surface area contributed by atoms with Gasteiger partial charge in [0.2, 0.25) is 11.8 Å². The number of nitrogens with one attached hydrogen (secondary N) is 1. The molecule has 0 saturated carbocycles. The number of carbonyl (C=O) groups is 2. The lowest BCUT2D eigenvalue weighted by Gasteiger charge is -2.32. The third-order valence-corrected chi connectivity index (χ3v) is 8.64. The molecule has 0 aliphatic carbocycles. The van der Waals surface area contributed by atoms with Crippen LogP contribution in [0.5, 0.6) is 5.75 Å². The van der Waals surface area contributed by atoms with Gasteiger partial charge in [-0.05, 0) is 82.1 Å². The summed E-state index contributed by atoms with van der Waals surface area (Å²) in [7, 11) is -2.61. The van der Waals surface area contributed by atoms with Crippen molar-refractivity contribution < 1.29 is 22.7 Å². The number of hydrogen-bond acceptors (Lipinski definition) is 5. The van der Waals surface area contributed by atoms with Gasteiger partial charge in [0.25, 0.3) is 10.0 Å². The van der Waals surface area contributed by atoms with E-state index in [4.69, 9.17) is 16.3 Å². The first-order chi connectivity index (χ1) is 18.8. The molecule has 0 aliphatic rings. The second kappa shape index (κ2) is 13.2. The highest BCUT2D eigenvalue weighted by atomic mass is 35.5. The molecule has 0 aliphatic heterocycles. The number of benzene rings is 3. The molecular weight excluding hydrogens is 550 g/mol. The number of sulfonamides is 1. The maximum Gasteiger partial charge on any atom is 0.264 e. The molecule has 8 nitrogen and oxygen atoms in total. The van der Waals surface area contributed by atoms with Gasteiger partial charge in [0, 0.05) is 17.6 Å². The Morgan fingerprint density at radius 1 is 0.950 bits per heavy atom. The van der Waals surface area contributed by atoms with Crippen LogP contribution in [0.2, 0.25) is 5.02 Å². The standard InChI is InChI=1S/C30H36ClN3O5S/c1-20(2)32-30(36)23(5)33(18-24-10-13-26(39-6)14-11-24)29(35)19-34(25-12-9-22(4)28(31)17-25)40(37,38)27-15-7-21(3)8-16-27/h7-17,20,23H,18-19H2,1-6H3,(H,32,36)/t23-/m1/s1. The van der Waals surface area contributed by atoms with Crippen molar-refractivity contribution in [2.45, 2.75) is 58.1 Å². The van der Waals surface area contributed by atoms with Crippen molar-refractivity contribution in [1.29, 1.82) is 0 Å². The average molecular weight is 586 g/mol. The molecule has 1 atom stereocenters. The van der Waals surface area contributed by atoms with E-state index in [2.05, 4.69) is 5.32 Å². The predicted molar refractivity (Wildman–Crippen MR) is 158 cm³/mol. The highest BCUT2D eigenvalue weighted by Gasteiger charge is 2.33. The van der Waals surface area contributed by atoms with E-state index in [0.717, 1.165) is 21.0 Å². The van der Waals surface area contributed by atoms with Crippen LogP contribution in [0.25, 0.3) is 0 Å². The largest absolute Gasteiger partial charge is 0.497 e. The molecule has 3 aromatic carbocycles. The third-order valence-electron chi connectivity index (χ3n) is 6.44. The number of rotatable bonds is 11. The van der Waals surface area contributed by atoms with Crippen molar-refractivity contribution >= 4 is 39.1 Å². The normalized spacial score (nSPS) is 12.1. The van der Waals surface area contributed by atoms with Gasteiger partial charge in [-0.3, -0.25) is 13.9 Å². The monoisotopic (exact) mass is 585 g/mol. The molecule has 0 radical (unpaired) electrons. The summed E-state index contributed by atoms with van der Waals surface area (Å²) in [6, 6.07) is 17.4. The summed E-state index contributed by atoms with van der Waals surface area (Å²) in [6.07, 6.45) is 0. The quantitative estimate of drug-likeness (QED) is 0.338. The number of amides is 2. The minimum atomic E-state index is -4.17. The maximum atomic E-state index is 14.0. The van der Waals surface area contributed by atoms with Crippen LogP contribution in [-0.4, -0.2) is 50.9 Å². The molecule has 2 amide bonds. The molecule has 3 aromatic rings. The molecule has 214 valence electrons. The lowest BCUT2D eigenvalue weighted by molar-refractivity contribution is -0.139. The van der Waals surface area contributed by atoms with Crippen LogP contribution in [0.1, 0.15) is 37.5 Å². The Labute approximate surface area is 241 Å². The molecule has 40 heavy (non-hydrogen) atoms. The summed E-state index contributed by atoms with van der Waals surface area (Å²) in [4.78, 5) is 28.4. The van der Waals surface area contributed by atoms with E-state index in [1.165, 1.54) is 23.1 Å². The van der Waals surface area contributed by atoms with Gasteiger partial charge >= 0.3 is 0 Å². The van der Waals surface area contributed by atoms with Crippen molar-refractivity contribution in [2.24, 2.45) is 0 Å². The van der Waals surface area contributed by atoms with Crippen molar-refractivity contribution in [2.75, 3.05) is 18.0 Å². The van der Waals surface area contributed by atoms with E-state index in [9.17, 15) is 18.0 Å². The van der Waals surface area contributed by atoms with Crippen molar-refractivity contribution in [3.8, 4) is 5.75 Å². The zero-order chi connectivity index (χ0) is 29.6. The molecule has 3 rings (SSSR count). The van der Waals surface area contributed by atoms with E-state index < -0.39 is 28.5 Å². The Morgan fingerprint density at radius 3 is 2.12 bits per heavy atom. The van der Waals surface area contributed by atoms with Gasteiger partial charge in [0.15, 0.2) is 0 Å². The van der Waals surface area contributed by atoms with E-state index >= 15 is 0 Å². The second-order valence-corrected chi connectivity index (χ2v) is 12.2. The number of ether oxygens (including phenoxy) is 1. The molecule has 0 heterocycles. The van der Waals surface area contributed by atoms with Crippen LogP contribution in [-0.2, 0) is 26.2 Å². The van der Waals surface area contributed by atoms with Crippen molar-refractivity contribution in [1.82, 2.24) is 10.2 Å². The minimum Gasteiger partial charge on any atom is -0.497 e. The predicted octanol–water partition coefficient (Wildman–Crippen LogP) is 5.10. The van der Waals surface area contributed by atoms with Gasteiger partial charge in [-0.15, -0.1) is 0 Å². The van der Waals surface area contributed by atoms with Gasteiger partial charge in [-0.1, -0.05) is 47.5 Å². The first kappa shape index (κ1) is 31.0. The Balaban J connectivity index is 2.05. The Morgan fingerprint density at radius 2 is 1.57 bits per heavy atom. The second-order valence-electron chi connectivity index (χ2n) is 9.97. The zero-order valence-electron chi connectivity index (χ0n) is 23.6. The number of anilines is 1. The average Bonchev–Trinajstić information content (AvgIpc) is 2.91. The Bertz CT molecular complexity index is 1440. The molecular formula is C30H36ClN3O5S. The fraction of sp³-hybridized carbons (Fsp3) is 0.333. The highest BCUT2D eigenvalue weighted by Crippen LogP contribution is 2.29. The lowest BCUT2D eigenvalue weighted by Crippen LogP contribution is -2.52. The summed E-state index contributed by atoms with van der Waals surface area (Å²) in [5, 5.41) is 3.21. The van der Waals surface area contributed by atoms with Crippen molar-refractivity contribution in [3.05, 3.63) is 88.4 Å². The van der Waals surface area contributed by atoms with Gasteiger partial charge in [0.05, 0.1) is 17.7 Å². The number of carbonyl (C=O) groups excluding carboxylic acids is 2. The van der Waals surface area contributed by atoms with Gasteiger partial charge in [-0.2, -0.15) is 0 Å². The number of methoxy groups -OCH3 is 1.